The number of aliphatic imine (C=N–C) groups is 1. The van der Waals surface area contributed by atoms with Crippen molar-refractivity contribution in [3.63, 3.8) is 0 Å². The van der Waals surface area contributed by atoms with Gasteiger partial charge in [-0.25, -0.2) is 0 Å². The Morgan fingerprint density at radius 1 is 1.28 bits per heavy atom. The first kappa shape index (κ1) is 12.3. The molecule has 1 spiro atoms. The topological polar surface area (TPSA) is 53.5 Å². The fourth-order valence-corrected chi connectivity index (χ4v) is 4.35. The van der Waals surface area contributed by atoms with Gasteiger partial charge in [-0.05, 0) is 19.3 Å². The van der Waals surface area contributed by atoms with Gasteiger partial charge in [-0.1, -0.05) is 31.0 Å². The van der Waals surface area contributed by atoms with Crippen LogP contribution in [0.2, 0.25) is 0 Å². The molecule has 2 aliphatic heterocycles. The third-order valence-corrected chi connectivity index (χ3v) is 5.39. The summed E-state index contributed by atoms with van der Waals surface area (Å²) in [7, 11) is 0. The molecule has 1 aliphatic carbocycles. The minimum absolute atomic E-state index is 0.169. The maximum atomic E-state index is 11.1. The van der Waals surface area contributed by atoms with Crippen molar-refractivity contribution < 1.29 is 4.79 Å². The van der Waals surface area contributed by atoms with E-state index in [9.17, 15) is 4.79 Å². The van der Waals surface area contributed by atoms with Gasteiger partial charge in [-0.3, -0.25) is 9.79 Å². The molecule has 1 atom stereocenters. The van der Waals surface area contributed by atoms with Crippen molar-refractivity contribution in [1.82, 2.24) is 10.6 Å². The number of thioether (sulfide) groups is 1. The molecule has 18 heavy (non-hydrogen) atoms. The van der Waals surface area contributed by atoms with Crippen LogP contribution in [0.1, 0.15) is 44.9 Å². The molecule has 3 aliphatic rings. The van der Waals surface area contributed by atoms with Crippen molar-refractivity contribution in [2.24, 2.45) is 4.99 Å². The molecule has 5 heteroatoms. The van der Waals surface area contributed by atoms with E-state index in [1.807, 2.05) is 11.8 Å². The minimum Gasteiger partial charge on any atom is -0.359 e. The van der Waals surface area contributed by atoms with E-state index in [2.05, 4.69) is 10.6 Å². The highest BCUT2D eigenvalue weighted by Crippen LogP contribution is 2.36. The standard InChI is InChI=1S/C13H21N3OS/c17-11-5-4-10(8-14-11)15-12-16-13(9-18-12)6-2-1-3-7-13/h10H,1-9H2,(H,14,17)(H,15,16). The van der Waals surface area contributed by atoms with Gasteiger partial charge in [0.15, 0.2) is 5.17 Å². The lowest BCUT2D eigenvalue weighted by Crippen LogP contribution is -2.45. The van der Waals surface area contributed by atoms with Gasteiger partial charge in [-0.15, -0.1) is 0 Å². The van der Waals surface area contributed by atoms with Crippen LogP contribution >= 0.6 is 11.8 Å². The average molecular weight is 267 g/mol. The Morgan fingerprint density at radius 2 is 2.11 bits per heavy atom. The summed E-state index contributed by atoms with van der Waals surface area (Å²) >= 11 is 1.87. The fourth-order valence-electron chi connectivity index (χ4n) is 3.07. The summed E-state index contributed by atoms with van der Waals surface area (Å²) < 4.78 is 0. The molecule has 3 rings (SSSR count). The van der Waals surface area contributed by atoms with Crippen LogP contribution in [0.15, 0.2) is 4.99 Å². The number of nitrogens with one attached hydrogen (secondary N) is 2. The molecular weight excluding hydrogens is 246 g/mol. The highest BCUT2D eigenvalue weighted by molar-refractivity contribution is 8.14. The van der Waals surface area contributed by atoms with E-state index in [1.54, 1.807) is 0 Å². The maximum absolute atomic E-state index is 11.1. The normalized spacial score (nSPS) is 33.4. The van der Waals surface area contributed by atoms with Crippen molar-refractivity contribution >= 4 is 22.8 Å². The molecule has 1 amide bonds. The number of nitrogens with zero attached hydrogens (tertiary/aromatic N) is 1. The van der Waals surface area contributed by atoms with Crippen LogP contribution in [-0.4, -0.2) is 35.0 Å². The molecule has 0 aromatic carbocycles. The molecule has 1 saturated carbocycles. The summed E-state index contributed by atoms with van der Waals surface area (Å²) in [5.41, 5.74) is 0.333. The van der Waals surface area contributed by atoms with Crippen LogP contribution in [0, 0.1) is 0 Å². The number of hydrogen-bond acceptors (Lipinski definition) is 3. The number of carbonyl (C=O) groups is 1. The van der Waals surface area contributed by atoms with Crippen LogP contribution in [0.25, 0.3) is 0 Å². The summed E-state index contributed by atoms with van der Waals surface area (Å²) in [5, 5.41) is 7.67. The van der Waals surface area contributed by atoms with Crippen molar-refractivity contribution in [3.05, 3.63) is 0 Å². The van der Waals surface area contributed by atoms with Crippen molar-refractivity contribution in [2.45, 2.75) is 56.5 Å². The van der Waals surface area contributed by atoms with E-state index in [-0.39, 0.29) is 11.9 Å². The summed E-state index contributed by atoms with van der Waals surface area (Å²) in [6.45, 7) is 0.706. The van der Waals surface area contributed by atoms with Crippen molar-refractivity contribution in [3.8, 4) is 0 Å². The lowest BCUT2D eigenvalue weighted by molar-refractivity contribution is -0.122. The Kier molecular flexibility index (Phi) is 3.50. The summed E-state index contributed by atoms with van der Waals surface area (Å²) in [6, 6.07) is 0.274. The zero-order valence-corrected chi connectivity index (χ0v) is 11.5. The van der Waals surface area contributed by atoms with Crippen molar-refractivity contribution in [1.29, 1.82) is 0 Å². The lowest BCUT2D eigenvalue weighted by Gasteiger charge is -2.32. The first-order valence-corrected chi connectivity index (χ1v) is 8.00. The second-order valence-corrected chi connectivity index (χ2v) is 6.65. The lowest BCUT2D eigenvalue weighted by atomic mass is 9.83. The Hall–Kier alpha value is -0.710. The number of hydrogen-bond donors (Lipinski definition) is 2. The zero-order valence-electron chi connectivity index (χ0n) is 10.7. The van der Waals surface area contributed by atoms with Gasteiger partial charge >= 0.3 is 0 Å². The highest BCUT2D eigenvalue weighted by atomic mass is 32.2. The second-order valence-electron chi connectivity index (χ2n) is 5.69. The zero-order chi connectivity index (χ0) is 12.4. The largest absolute Gasteiger partial charge is 0.359 e. The van der Waals surface area contributed by atoms with Gasteiger partial charge < -0.3 is 10.6 Å². The van der Waals surface area contributed by atoms with Crippen LogP contribution < -0.4 is 10.6 Å². The summed E-state index contributed by atoms with van der Waals surface area (Å²) in [5.74, 6) is 1.34. The molecule has 4 nitrogen and oxygen atoms in total. The molecule has 1 unspecified atom stereocenters. The monoisotopic (exact) mass is 267 g/mol. The van der Waals surface area contributed by atoms with E-state index < -0.39 is 0 Å². The Morgan fingerprint density at radius 3 is 2.83 bits per heavy atom. The molecule has 2 heterocycles. The summed E-state index contributed by atoms with van der Waals surface area (Å²) in [6.07, 6.45) is 8.18. The Labute approximate surface area is 112 Å². The third kappa shape index (κ3) is 2.66. The quantitative estimate of drug-likeness (QED) is 0.760. The molecule has 2 N–H and O–H groups in total. The summed E-state index contributed by atoms with van der Waals surface area (Å²) in [4.78, 5) is 15.9. The number of carbonyl (C=O) groups excluding carboxylic acids is 1. The number of amides is 1. The Balaban J connectivity index is 1.59. The van der Waals surface area contributed by atoms with E-state index in [4.69, 9.17) is 4.99 Å². The van der Waals surface area contributed by atoms with E-state index >= 15 is 0 Å². The van der Waals surface area contributed by atoms with Gasteiger partial charge in [0.25, 0.3) is 0 Å². The number of rotatable bonds is 1. The van der Waals surface area contributed by atoms with Gasteiger partial charge in [0.2, 0.25) is 5.91 Å². The van der Waals surface area contributed by atoms with E-state index in [1.165, 1.54) is 37.9 Å². The fraction of sp³-hybridized carbons (Fsp3) is 0.846. The SMILES string of the molecule is O=C1CCC(N=C2NC3(CCCCC3)CS2)CN1. The van der Waals surface area contributed by atoms with Crippen LogP contribution in [0.5, 0.6) is 0 Å². The van der Waals surface area contributed by atoms with Gasteiger partial charge in [0, 0.05) is 24.3 Å². The van der Waals surface area contributed by atoms with Gasteiger partial charge in [0.1, 0.15) is 0 Å². The first-order valence-electron chi connectivity index (χ1n) is 7.01. The Bertz CT molecular complexity index is 353. The molecule has 100 valence electrons. The molecule has 0 aromatic heterocycles. The molecule has 0 aromatic rings. The highest BCUT2D eigenvalue weighted by Gasteiger charge is 2.38. The van der Waals surface area contributed by atoms with Gasteiger partial charge in [-0.2, -0.15) is 0 Å². The molecular formula is C13H21N3OS. The molecule has 3 fully saturated rings. The second kappa shape index (κ2) is 5.11. The van der Waals surface area contributed by atoms with Crippen molar-refractivity contribution in [2.75, 3.05) is 12.3 Å². The van der Waals surface area contributed by atoms with Crippen LogP contribution in [-0.2, 0) is 4.79 Å². The molecule has 0 radical (unpaired) electrons. The first-order chi connectivity index (χ1) is 8.76. The average Bonchev–Trinajstić information content (AvgIpc) is 2.76. The smallest absolute Gasteiger partial charge is 0.220 e. The van der Waals surface area contributed by atoms with Crippen LogP contribution in [0.4, 0.5) is 0 Å². The third-order valence-electron chi connectivity index (χ3n) is 4.21. The predicted molar refractivity (Wildman–Crippen MR) is 74.9 cm³/mol. The molecule has 0 bridgehead atoms. The van der Waals surface area contributed by atoms with E-state index in [0.717, 1.165) is 11.6 Å². The molecule has 2 saturated heterocycles. The van der Waals surface area contributed by atoms with Crippen LogP contribution in [0.3, 0.4) is 0 Å². The van der Waals surface area contributed by atoms with Gasteiger partial charge in [0.05, 0.1) is 6.04 Å². The predicted octanol–water partition coefficient (Wildman–Crippen LogP) is 1.66. The maximum Gasteiger partial charge on any atom is 0.220 e. The van der Waals surface area contributed by atoms with E-state index in [0.29, 0.717) is 18.5 Å². The minimum atomic E-state index is 0.169. The number of piperidine rings is 1. The number of amidine groups is 1.